The number of aromatic nitrogens is 4. The zero-order chi connectivity index (χ0) is 22.9. The van der Waals surface area contributed by atoms with Gasteiger partial charge >= 0.3 is 0 Å². The lowest BCUT2D eigenvalue weighted by molar-refractivity contribution is 0.172. The van der Waals surface area contributed by atoms with E-state index in [1.165, 1.54) is 0 Å². The minimum absolute atomic E-state index is 0.0756. The fourth-order valence-electron chi connectivity index (χ4n) is 4.45. The number of hydrogen-bond acceptors (Lipinski definition) is 10. The van der Waals surface area contributed by atoms with Crippen molar-refractivity contribution >= 4 is 39.9 Å². The van der Waals surface area contributed by atoms with E-state index < -0.39 is 0 Å². The van der Waals surface area contributed by atoms with Crippen LogP contribution in [0.3, 0.4) is 0 Å². The number of nitrogens with zero attached hydrogens (tertiary/aromatic N) is 5. The van der Waals surface area contributed by atoms with Crippen molar-refractivity contribution in [3.8, 4) is 0 Å². The molecule has 172 valence electrons. The molecule has 4 heterocycles. The van der Waals surface area contributed by atoms with E-state index in [0.29, 0.717) is 29.8 Å². The molecule has 1 aliphatic carbocycles. The second-order valence-corrected chi connectivity index (χ2v) is 8.58. The maximum absolute atomic E-state index is 10.1. The maximum atomic E-state index is 10.1. The summed E-state index contributed by atoms with van der Waals surface area (Å²) in [7, 11) is 0. The molecule has 10 heteroatoms. The fraction of sp³-hybridized carbons (Fsp3) is 0.250. The van der Waals surface area contributed by atoms with Gasteiger partial charge in [0.15, 0.2) is 17.5 Å². The number of anilines is 5. The van der Waals surface area contributed by atoms with Crippen LogP contribution in [0.1, 0.15) is 24.8 Å². The Morgan fingerprint density at radius 3 is 2.91 bits per heavy atom. The second kappa shape index (κ2) is 8.73. The van der Waals surface area contributed by atoms with Gasteiger partial charge in [-0.2, -0.15) is 0 Å². The van der Waals surface area contributed by atoms with Gasteiger partial charge in [0.25, 0.3) is 0 Å². The molecule has 6 rings (SSSR count). The third kappa shape index (κ3) is 4.16. The van der Waals surface area contributed by atoms with Gasteiger partial charge in [0.1, 0.15) is 5.82 Å². The van der Waals surface area contributed by atoms with Gasteiger partial charge in [0, 0.05) is 29.5 Å². The number of pyridine rings is 2. The number of nitrogens with one attached hydrogen (secondary N) is 4. The maximum Gasteiger partial charge on any atom is 0.191 e. The number of fused-ring (bicyclic) bond motifs is 2. The number of benzene rings is 1. The highest BCUT2D eigenvalue weighted by atomic mass is 16.3. The summed E-state index contributed by atoms with van der Waals surface area (Å²) in [6, 6.07) is 14.1. The van der Waals surface area contributed by atoms with Gasteiger partial charge in [-0.1, -0.05) is 12.1 Å². The van der Waals surface area contributed by atoms with Crippen molar-refractivity contribution in [2.75, 3.05) is 21.1 Å². The van der Waals surface area contributed by atoms with Gasteiger partial charge in [0.05, 0.1) is 30.4 Å². The lowest BCUT2D eigenvalue weighted by atomic mass is 10.1. The van der Waals surface area contributed by atoms with Crippen molar-refractivity contribution in [3.63, 3.8) is 0 Å². The lowest BCUT2D eigenvalue weighted by Crippen LogP contribution is -2.35. The molecule has 0 saturated heterocycles. The first-order valence-corrected chi connectivity index (χ1v) is 11.4. The van der Waals surface area contributed by atoms with Crippen molar-refractivity contribution in [2.45, 2.75) is 38.0 Å². The topological polar surface area (TPSA) is 123 Å². The van der Waals surface area contributed by atoms with Crippen LogP contribution < -0.4 is 26.6 Å². The van der Waals surface area contributed by atoms with E-state index in [1.54, 1.807) is 18.6 Å². The minimum Gasteiger partial charge on any atom is -0.391 e. The molecule has 2 aliphatic rings. The molecule has 10 nitrogen and oxygen atoms in total. The van der Waals surface area contributed by atoms with Crippen LogP contribution in [-0.4, -0.2) is 37.2 Å². The van der Waals surface area contributed by atoms with E-state index in [2.05, 4.69) is 54.7 Å². The first-order chi connectivity index (χ1) is 16.7. The summed E-state index contributed by atoms with van der Waals surface area (Å²) in [4.78, 5) is 18.0. The number of aliphatic hydroxyl groups is 1. The van der Waals surface area contributed by atoms with Crippen molar-refractivity contribution in [1.29, 1.82) is 0 Å². The van der Waals surface area contributed by atoms with Gasteiger partial charge in [-0.3, -0.25) is 15.4 Å². The van der Waals surface area contributed by atoms with Crippen LogP contribution in [-0.2, 0) is 6.54 Å². The Morgan fingerprint density at radius 2 is 2.00 bits per heavy atom. The van der Waals surface area contributed by atoms with Crippen LogP contribution in [0.5, 0.6) is 0 Å². The van der Waals surface area contributed by atoms with Gasteiger partial charge in [-0.05, 0) is 49.1 Å². The minimum atomic E-state index is -0.308. The van der Waals surface area contributed by atoms with Gasteiger partial charge in [0.2, 0.25) is 0 Å². The monoisotopic (exact) mass is 455 g/mol. The van der Waals surface area contributed by atoms with E-state index in [-0.39, 0.29) is 12.1 Å². The van der Waals surface area contributed by atoms with Crippen LogP contribution in [0, 0.1) is 0 Å². The molecule has 0 spiro atoms. The van der Waals surface area contributed by atoms with E-state index in [4.69, 9.17) is 4.98 Å². The zero-order valence-electron chi connectivity index (χ0n) is 18.4. The average molecular weight is 456 g/mol. The summed E-state index contributed by atoms with van der Waals surface area (Å²) in [6.07, 6.45) is 7.73. The predicted molar refractivity (Wildman–Crippen MR) is 132 cm³/mol. The molecule has 1 aliphatic heterocycles. The normalized spacial score (nSPS) is 19.1. The molecule has 2 atom stereocenters. The van der Waals surface area contributed by atoms with Crippen LogP contribution in [0.15, 0.2) is 61.1 Å². The Morgan fingerprint density at radius 1 is 1.03 bits per heavy atom. The molecule has 1 aromatic carbocycles. The standard InChI is InChI=1S/C24H25N9O/c34-20-5-1-4-19(20)28-17-8-10-26-21(12-17)29-22-13-27-23-24(30-22)33(32-31-23)14-15-6-7-18-16(11-15)3-2-9-25-18/h2-3,6-13,19-20,32,34H,1,4-5,14H2,(H,27,31)(H2,26,28,29,30)/t19-,20-/m1/s1. The fourth-order valence-corrected chi connectivity index (χ4v) is 4.45. The van der Waals surface area contributed by atoms with Crippen LogP contribution in [0.2, 0.25) is 0 Å². The molecule has 0 amide bonds. The number of rotatable bonds is 6. The van der Waals surface area contributed by atoms with Crippen molar-refractivity contribution in [1.82, 2.24) is 25.5 Å². The van der Waals surface area contributed by atoms with E-state index in [0.717, 1.165) is 41.4 Å². The molecule has 5 N–H and O–H groups in total. The number of hydrazine groups is 2. The Bertz CT molecular complexity index is 1330. The molecule has 3 aromatic heterocycles. The number of aliphatic hydroxyl groups excluding tert-OH is 1. The quantitative estimate of drug-likeness (QED) is 0.296. The predicted octanol–water partition coefficient (Wildman–Crippen LogP) is 3.34. The van der Waals surface area contributed by atoms with E-state index >= 15 is 0 Å². The summed E-state index contributed by atoms with van der Waals surface area (Å²) < 4.78 is 0. The number of hydrogen-bond donors (Lipinski definition) is 5. The summed E-state index contributed by atoms with van der Waals surface area (Å²) in [5.41, 5.74) is 9.20. The van der Waals surface area contributed by atoms with Crippen molar-refractivity contribution < 1.29 is 5.11 Å². The van der Waals surface area contributed by atoms with Crippen molar-refractivity contribution in [2.24, 2.45) is 0 Å². The summed E-state index contributed by atoms with van der Waals surface area (Å²) in [5, 5.41) is 19.8. The molecule has 0 unspecified atom stereocenters. The molecule has 34 heavy (non-hydrogen) atoms. The Hall–Kier alpha value is -4.02. The molecule has 4 aromatic rings. The van der Waals surface area contributed by atoms with Gasteiger partial charge < -0.3 is 15.7 Å². The summed E-state index contributed by atoms with van der Waals surface area (Å²) in [5.74, 6) is 2.59. The average Bonchev–Trinajstić information content (AvgIpc) is 3.45. The van der Waals surface area contributed by atoms with E-state index in [1.807, 2.05) is 29.3 Å². The molecule has 0 bridgehead atoms. The third-order valence-corrected chi connectivity index (χ3v) is 6.17. The lowest BCUT2D eigenvalue weighted by Gasteiger charge is -2.18. The molecule has 1 saturated carbocycles. The SMILES string of the molecule is O[C@@H]1CCC[C@H]1Nc1ccnc(Nc2cnc3c(n2)N(Cc2ccc4ncccc4c2)NN3)c1. The van der Waals surface area contributed by atoms with E-state index in [9.17, 15) is 5.11 Å². The Labute approximate surface area is 196 Å². The summed E-state index contributed by atoms with van der Waals surface area (Å²) in [6.45, 7) is 0.602. The Balaban J connectivity index is 1.18. The molecule has 0 radical (unpaired) electrons. The first-order valence-electron chi connectivity index (χ1n) is 11.4. The zero-order valence-corrected chi connectivity index (χ0v) is 18.4. The van der Waals surface area contributed by atoms with Crippen LogP contribution >= 0.6 is 0 Å². The Kier molecular flexibility index (Phi) is 5.28. The third-order valence-electron chi connectivity index (χ3n) is 6.17. The van der Waals surface area contributed by atoms with Crippen LogP contribution in [0.25, 0.3) is 10.9 Å². The molecular formula is C24H25N9O. The first kappa shape index (κ1) is 20.6. The largest absolute Gasteiger partial charge is 0.391 e. The van der Waals surface area contributed by atoms with Gasteiger partial charge in [-0.25, -0.2) is 15.0 Å². The van der Waals surface area contributed by atoms with Gasteiger partial charge in [-0.15, -0.1) is 5.53 Å². The highest BCUT2D eigenvalue weighted by molar-refractivity contribution is 5.79. The highest BCUT2D eigenvalue weighted by Gasteiger charge is 2.25. The van der Waals surface area contributed by atoms with Crippen LogP contribution in [0.4, 0.5) is 29.0 Å². The second-order valence-electron chi connectivity index (χ2n) is 8.58. The molecule has 1 fully saturated rings. The summed E-state index contributed by atoms with van der Waals surface area (Å²) >= 11 is 0. The van der Waals surface area contributed by atoms with Crippen molar-refractivity contribution in [3.05, 3.63) is 66.6 Å². The smallest absolute Gasteiger partial charge is 0.191 e. The highest BCUT2D eigenvalue weighted by Crippen LogP contribution is 2.29. The molecular weight excluding hydrogens is 430 g/mol.